The lowest BCUT2D eigenvalue weighted by atomic mass is 10.2. The predicted octanol–water partition coefficient (Wildman–Crippen LogP) is 5.89. The number of furan rings is 1. The van der Waals surface area contributed by atoms with E-state index in [9.17, 15) is 4.79 Å². The first kappa shape index (κ1) is 19.7. The molecule has 0 fully saturated rings. The first-order valence-corrected chi connectivity index (χ1v) is 11.1. The molecule has 0 saturated heterocycles. The maximum atomic E-state index is 12.5. The molecule has 1 N–H and O–H groups in total. The van der Waals surface area contributed by atoms with Crippen LogP contribution in [0.3, 0.4) is 0 Å². The van der Waals surface area contributed by atoms with Gasteiger partial charge in [-0.25, -0.2) is 4.98 Å². The van der Waals surface area contributed by atoms with Crippen molar-refractivity contribution in [2.45, 2.75) is 10.6 Å². The molecular weight excluding hydrogens is 480 g/mol. The fourth-order valence-corrected chi connectivity index (χ4v) is 4.09. The van der Waals surface area contributed by atoms with Crippen LogP contribution >= 0.6 is 27.7 Å². The van der Waals surface area contributed by atoms with E-state index in [1.54, 1.807) is 42.1 Å². The molecule has 0 aliphatic carbocycles. The lowest BCUT2D eigenvalue weighted by Crippen LogP contribution is -2.11. The molecule has 0 aliphatic rings. The maximum Gasteiger partial charge on any atom is 0.258 e. The molecule has 4 aromatic heterocycles. The molecule has 5 aromatic rings. The standard InChI is InChI=1S/C22H15BrN4O3S/c23-19-9-8-18(29-19)17-11-21(30-26-17)25-22(28)14-4-6-16(7-5-14)31-13-15-12-27-10-2-1-3-20(27)24-15/h1-12H,13H2,(H,25,28). The normalized spacial score (nSPS) is 11.1. The highest BCUT2D eigenvalue weighted by Crippen LogP contribution is 2.27. The summed E-state index contributed by atoms with van der Waals surface area (Å²) in [6.07, 6.45) is 4.01. The molecule has 0 spiro atoms. The van der Waals surface area contributed by atoms with Gasteiger partial charge in [0.05, 0.1) is 5.69 Å². The van der Waals surface area contributed by atoms with Crippen LogP contribution in [-0.4, -0.2) is 20.4 Å². The lowest BCUT2D eigenvalue weighted by molar-refractivity contribution is 0.102. The van der Waals surface area contributed by atoms with Crippen LogP contribution in [0.4, 0.5) is 5.88 Å². The summed E-state index contributed by atoms with van der Waals surface area (Å²) in [4.78, 5) is 18.2. The Hall–Kier alpha value is -3.30. The van der Waals surface area contributed by atoms with Crippen LogP contribution < -0.4 is 5.32 Å². The second kappa shape index (κ2) is 8.44. The van der Waals surface area contributed by atoms with Gasteiger partial charge in [0, 0.05) is 34.7 Å². The minimum Gasteiger partial charge on any atom is -0.448 e. The molecule has 0 atom stereocenters. The number of fused-ring (bicyclic) bond motifs is 1. The molecule has 0 aliphatic heterocycles. The van der Waals surface area contributed by atoms with E-state index >= 15 is 0 Å². The van der Waals surface area contributed by atoms with Gasteiger partial charge in [0.15, 0.2) is 16.1 Å². The maximum absolute atomic E-state index is 12.5. The number of hydrogen-bond acceptors (Lipinski definition) is 6. The van der Waals surface area contributed by atoms with Crippen LogP contribution in [-0.2, 0) is 5.75 Å². The summed E-state index contributed by atoms with van der Waals surface area (Å²) in [5.41, 5.74) is 2.96. The number of aromatic nitrogens is 3. The number of hydrogen-bond donors (Lipinski definition) is 1. The van der Waals surface area contributed by atoms with Gasteiger partial charge in [-0.3, -0.25) is 10.1 Å². The van der Waals surface area contributed by atoms with Crippen molar-refractivity contribution in [2.75, 3.05) is 5.32 Å². The van der Waals surface area contributed by atoms with E-state index in [2.05, 4.69) is 31.4 Å². The zero-order valence-electron chi connectivity index (χ0n) is 16.0. The fourth-order valence-electron chi connectivity index (χ4n) is 3.00. The van der Waals surface area contributed by atoms with Crippen LogP contribution in [0.15, 0.2) is 91.6 Å². The predicted molar refractivity (Wildman–Crippen MR) is 121 cm³/mol. The Bertz CT molecular complexity index is 1320. The van der Waals surface area contributed by atoms with E-state index in [-0.39, 0.29) is 11.8 Å². The van der Waals surface area contributed by atoms with Gasteiger partial charge < -0.3 is 13.3 Å². The first-order chi connectivity index (χ1) is 15.1. The molecule has 0 bridgehead atoms. The monoisotopic (exact) mass is 494 g/mol. The van der Waals surface area contributed by atoms with Gasteiger partial charge in [-0.05, 0) is 64.5 Å². The van der Waals surface area contributed by atoms with Crippen LogP contribution in [0.2, 0.25) is 0 Å². The number of amides is 1. The number of thioether (sulfide) groups is 1. The average molecular weight is 495 g/mol. The van der Waals surface area contributed by atoms with Crippen LogP contribution in [0, 0.1) is 0 Å². The van der Waals surface area contributed by atoms with Gasteiger partial charge in [-0.1, -0.05) is 11.2 Å². The smallest absolute Gasteiger partial charge is 0.258 e. The third kappa shape index (κ3) is 4.42. The molecule has 1 amide bonds. The molecule has 0 saturated carbocycles. The summed E-state index contributed by atoms with van der Waals surface area (Å²) < 4.78 is 13.2. The molecule has 0 unspecified atom stereocenters. The Kier molecular flexibility index (Phi) is 5.35. The molecule has 7 nitrogen and oxygen atoms in total. The van der Waals surface area contributed by atoms with Crippen molar-refractivity contribution in [3.63, 3.8) is 0 Å². The van der Waals surface area contributed by atoms with Gasteiger partial charge in [0.25, 0.3) is 5.91 Å². The summed E-state index contributed by atoms with van der Waals surface area (Å²) in [6, 6.07) is 18.5. The number of pyridine rings is 1. The molecule has 31 heavy (non-hydrogen) atoms. The SMILES string of the molecule is O=C(Nc1cc(-c2ccc(Br)o2)no1)c1ccc(SCc2cn3ccccc3n2)cc1. The highest BCUT2D eigenvalue weighted by atomic mass is 79.9. The Morgan fingerprint density at radius 2 is 2.00 bits per heavy atom. The zero-order chi connectivity index (χ0) is 21.2. The number of carbonyl (C=O) groups excluding carboxylic acids is 1. The number of anilines is 1. The van der Waals surface area contributed by atoms with Gasteiger partial charge in [-0.2, -0.15) is 0 Å². The number of nitrogens with zero attached hydrogens (tertiary/aromatic N) is 3. The summed E-state index contributed by atoms with van der Waals surface area (Å²) in [5.74, 6) is 1.26. The summed E-state index contributed by atoms with van der Waals surface area (Å²) in [6.45, 7) is 0. The Balaban J connectivity index is 1.20. The van der Waals surface area contributed by atoms with Crippen LogP contribution in [0.1, 0.15) is 16.1 Å². The quantitative estimate of drug-likeness (QED) is 0.296. The van der Waals surface area contributed by atoms with E-state index < -0.39 is 0 Å². The number of halogens is 1. The minimum atomic E-state index is -0.278. The molecule has 4 heterocycles. The van der Waals surface area contributed by atoms with E-state index in [0.29, 0.717) is 21.7 Å². The molecule has 1 aromatic carbocycles. The van der Waals surface area contributed by atoms with Crippen molar-refractivity contribution in [1.29, 1.82) is 0 Å². The van der Waals surface area contributed by atoms with E-state index in [1.165, 1.54) is 0 Å². The van der Waals surface area contributed by atoms with Gasteiger partial charge >= 0.3 is 0 Å². The first-order valence-electron chi connectivity index (χ1n) is 9.33. The molecule has 154 valence electrons. The number of rotatable bonds is 6. The highest BCUT2D eigenvalue weighted by molar-refractivity contribution is 9.10. The fraction of sp³-hybridized carbons (Fsp3) is 0.0455. The largest absolute Gasteiger partial charge is 0.448 e. The second-order valence-electron chi connectivity index (χ2n) is 6.65. The molecule has 5 rings (SSSR count). The van der Waals surface area contributed by atoms with Crippen molar-refractivity contribution in [3.8, 4) is 11.5 Å². The zero-order valence-corrected chi connectivity index (χ0v) is 18.4. The number of nitrogens with one attached hydrogen (secondary N) is 1. The highest BCUT2D eigenvalue weighted by Gasteiger charge is 2.13. The molecular formula is C22H15BrN4O3S. The van der Waals surface area contributed by atoms with Crippen LogP contribution in [0.5, 0.6) is 0 Å². The van der Waals surface area contributed by atoms with E-state index in [4.69, 9.17) is 8.94 Å². The Labute approximate surface area is 189 Å². The van der Waals surface area contributed by atoms with Gasteiger partial charge in [-0.15, -0.1) is 11.8 Å². The summed E-state index contributed by atoms with van der Waals surface area (Å²) >= 11 is 4.91. The van der Waals surface area contributed by atoms with Crippen LogP contribution in [0.25, 0.3) is 17.1 Å². The van der Waals surface area contributed by atoms with Gasteiger partial charge in [0.1, 0.15) is 5.65 Å². The number of carbonyl (C=O) groups is 1. The topological polar surface area (TPSA) is 85.6 Å². The van der Waals surface area contributed by atoms with Crippen molar-refractivity contribution in [1.82, 2.24) is 14.5 Å². The number of benzene rings is 1. The third-order valence-electron chi connectivity index (χ3n) is 4.49. The van der Waals surface area contributed by atoms with E-state index in [0.717, 1.165) is 22.0 Å². The summed E-state index contributed by atoms with van der Waals surface area (Å²) in [5, 5.41) is 6.62. The van der Waals surface area contributed by atoms with Crippen molar-refractivity contribution in [2.24, 2.45) is 0 Å². The van der Waals surface area contributed by atoms with Crippen molar-refractivity contribution >= 4 is 45.1 Å². The van der Waals surface area contributed by atoms with Crippen molar-refractivity contribution in [3.05, 3.63) is 89.0 Å². The summed E-state index contributed by atoms with van der Waals surface area (Å²) in [7, 11) is 0. The Morgan fingerprint density at radius 1 is 1.13 bits per heavy atom. The average Bonchev–Trinajstić information content (AvgIpc) is 3.51. The third-order valence-corrected chi connectivity index (χ3v) is 5.96. The molecule has 0 radical (unpaired) electrons. The van der Waals surface area contributed by atoms with Crippen molar-refractivity contribution < 1.29 is 13.7 Å². The van der Waals surface area contributed by atoms with E-state index in [1.807, 2.05) is 47.1 Å². The number of imidazole rings is 1. The Morgan fingerprint density at radius 3 is 2.77 bits per heavy atom. The van der Waals surface area contributed by atoms with Gasteiger partial charge in [0.2, 0.25) is 5.88 Å². The second-order valence-corrected chi connectivity index (χ2v) is 8.48. The minimum absolute atomic E-state index is 0.248. The molecule has 9 heteroatoms. The lowest BCUT2D eigenvalue weighted by Gasteiger charge is -2.03.